The normalized spacial score (nSPS) is 12.2. The van der Waals surface area contributed by atoms with E-state index in [1.54, 1.807) is 0 Å². The van der Waals surface area contributed by atoms with Gasteiger partial charge in [0.15, 0.2) is 11.6 Å². The van der Waals surface area contributed by atoms with Crippen molar-refractivity contribution < 1.29 is 92.3 Å². The van der Waals surface area contributed by atoms with E-state index in [1.807, 2.05) is 12.1 Å². The monoisotopic (exact) mass is 1120 g/mol. The highest BCUT2D eigenvalue weighted by atomic mass is 32.2. The predicted octanol–water partition coefficient (Wildman–Crippen LogP) is 5.42. The first kappa shape index (κ1) is 64.5. The Balaban J connectivity index is 0.878. The van der Waals surface area contributed by atoms with Gasteiger partial charge in [0.1, 0.15) is 28.5 Å². The molecule has 2 aromatic carbocycles. The number of ketones is 1. The number of nitrogens with one attached hydrogen (secondary N) is 2. The summed E-state index contributed by atoms with van der Waals surface area (Å²) in [6.07, 6.45) is 5.16. The molecule has 1 atom stereocenters. The van der Waals surface area contributed by atoms with E-state index in [1.165, 1.54) is 0 Å². The molecule has 4 rings (SSSR count). The largest absolute Gasteiger partial charge is 0.420 e. The van der Waals surface area contributed by atoms with Crippen LogP contribution in [0.25, 0.3) is 21.9 Å². The molecule has 0 unspecified atom stereocenters. The third-order valence-corrected chi connectivity index (χ3v) is 12.1. The van der Waals surface area contributed by atoms with Crippen molar-refractivity contribution in [3.8, 4) is 5.75 Å². The highest BCUT2D eigenvalue weighted by Crippen LogP contribution is 2.29. The third kappa shape index (κ3) is 26.0. The molecule has 5 N–H and O–H groups in total. The summed E-state index contributed by atoms with van der Waals surface area (Å²) in [6.45, 7) is 7.16. The van der Waals surface area contributed by atoms with Crippen LogP contribution in [0.4, 0.5) is 23.4 Å². The van der Waals surface area contributed by atoms with Gasteiger partial charge in [-0.3, -0.25) is 18.9 Å². The highest BCUT2D eigenvalue weighted by molar-refractivity contribution is 7.85. The summed E-state index contributed by atoms with van der Waals surface area (Å²) in [5.41, 5.74) is 9.70. The number of benzene rings is 2. The second-order valence-electron chi connectivity index (χ2n) is 17.4. The molecule has 26 heteroatoms. The zero-order valence-corrected chi connectivity index (χ0v) is 44.4. The number of carbonyl (C=O) groups excluding carboxylic acids is 3. The van der Waals surface area contributed by atoms with Gasteiger partial charge in [0.05, 0.1) is 143 Å². The number of unbranched alkanes of at least 4 members (excludes halogenated alkanes) is 3. The van der Waals surface area contributed by atoms with Gasteiger partial charge in [-0.15, -0.1) is 0 Å². The van der Waals surface area contributed by atoms with Crippen LogP contribution in [0, 0.1) is 29.2 Å². The smallest absolute Gasteiger partial charge is 0.313 e. The SMILES string of the molecule is CCCCc1nc2c([nH]1)c(N)nc1cc(CCCCCNC(=O)[C@@H](CC(=O)CCOCCOCCOCCOCCOCCOCCOCCOCCOCCC(=O)Oc3c(F)c(F)cc(F)c3F)CS(=O)(=O)O)ccc12. The number of aromatic amines is 1. The van der Waals surface area contributed by atoms with Crippen molar-refractivity contribution >= 4 is 55.5 Å². The van der Waals surface area contributed by atoms with Crippen LogP contribution in [0.2, 0.25) is 0 Å². The van der Waals surface area contributed by atoms with E-state index >= 15 is 0 Å². The van der Waals surface area contributed by atoms with Crippen LogP contribution in [-0.4, -0.2) is 177 Å². The second kappa shape index (κ2) is 37.0. The van der Waals surface area contributed by atoms with Crippen molar-refractivity contribution in [2.75, 3.05) is 137 Å². The molecule has 1 amide bonds. The summed E-state index contributed by atoms with van der Waals surface area (Å²) in [6, 6.07) is 6.10. The van der Waals surface area contributed by atoms with Crippen molar-refractivity contribution in [2.24, 2.45) is 5.92 Å². The molecule has 0 aliphatic heterocycles. The first-order chi connectivity index (χ1) is 37.2. The maximum Gasteiger partial charge on any atom is 0.313 e. The third-order valence-electron chi connectivity index (χ3n) is 11.3. The van der Waals surface area contributed by atoms with E-state index < -0.39 is 69.1 Å². The van der Waals surface area contributed by atoms with Gasteiger partial charge >= 0.3 is 5.97 Å². The molecule has 0 saturated heterocycles. The molecule has 0 aliphatic rings. The van der Waals surface area contributed by atoms with Crippen LogP contribution in [0.15, 0.2) is 24.3 Å². The number of nitrogens with two attached hydrogens (primary N) is 1. The summed E-state index contributed by atoms with van der Waals surface area (Å²) in [5.74, 6) is -11.4. The lowest BCUT2D eigenvalue weighted by Crippen LogP contribution is -2.36. The minimum Gasteiger partial charge on any atom is -0.420 e. The number of H-pyrrole nitrogens is 1. The number of nitrogens with zero attached hydrogens (tertiary/aromatic N) is 2. The first-order valence-electron chi connectivity index (χ1n) is 25.7. The molecule has 0 aliphatic carbocycles. The molecule has 432 valence electrons. The Kier molecular flexibility index (Phi) is 31.0. The number of carbonyl (C=O) groups is 3. The molecular formula is C51H73F4N5O16S. The number of aryl methyl sites for hydroxylation is 2. The fourth-order valence-corrected chi connectivity index (χ4v) is 8.11. The van der Waals surface area contributed by atoms with E-state index in [4.69, 9.17) is 53.3 Å². The number of hydrogen-bond acceptors (Lipinski definition) is 18. The van der Waals surface area contributed by atoms with Gasteiger partial charge in [0.25, 0.3) is 10.1 Å². The Bertz CT molecular complexity index is 2480. The number of anilines is 1. The number of hydrogen-bond donors (Lipinski definition) is 4. The number of ether oxygens (including phenoxy) is 10. The number of nitrogen functional groups attached to an aromatic ring is 1. The van der Waals surface area contributed by atoms with Crippen LogP contribution in [0.3, 0.4) is 0 Å². The maximum absolute atomic E-state index is 13.6. The summed E-state index contributed by atoms with van der Waals surface area (Å²) in [5, 5.41) is 3.65. The van der Waals surface area contributed by atoms with E-state index in [9.17, 15) is 44.9 Å². The van der Waals surface area contributed by atoms with Crippen molar-refractivity contribution in [3.63, 3.8) is 0 Å². The van der Waals surface area contributed by atoms with Crippen molar-refractivity contribution in [3.05, 3.63) is 58.9 Å². The molecule has 0 bridgehead atoms. The number of rotatable bonds is 45. The van der Waals surface area contributed by atoms with Gasteiger partial charge < -0.3 is 63.4 Å². The molecule has 77 heavy (non-hydrogen) atoms. The zero-order chi connectivity index (χ0) is 55.7. The van der Waals surface area contributed by atoms with Crippen molar-refractivity contribution in [2.45, 2.75) is 71.1 Å². The van der Waals surface area contributed by atoms with Crippen molar-refractivity contribution in [1.82, 2.24) is 20.3 Å². The Hall–Kier alpha value is -5.00. The zero-order valence-electron chi connectivity index (χ0n) is 43.6. The number of pyridine rings is 1. The standard InChI is InChI=1S/C51H73F4N5O16S/c1-2-3-8-43-59-47-39-10-9-36(32-42(39)58-50(56)48(47)60-43)7-5-4-6-13-57-51(63)37(35-77(64,65)66)33-38(61)11-14-67-16-18-69-20-22-71-24-26-73-28-30-75-31-29-74-27-25-72-23-21-70-19-17-68-15-12-44(62)76-49-45(54)40(52)34-41(53)46(49)55/h9-10,32,34,37H,2-8,11-31,33,35H2,1H3,(H2,56,58)(H,57,63)(H,59,60)(H,64,65,66)/t37-/m0/s1. The van der Waals surface area contributed by atoms with Gasteiger partial charge in [-0.05, 0) is 37.3 Å². The number of imidazole rings is 1. The second-order valence-corrected chi connectivity index (χ2v) is 18.9. The Morgan fingerprint density at radius 3 is 1.68 bits per heavy atom. The van der Waals surface area contributed by atoms with Crippen LogP contribution < -0.4 is 15.8 Å². The minimum atomic E-state index is -4.52. The topological polar surface area (TPSA) is 277 Å². The van der Waals surface area contributed by atoms with Crippen LogP contribution >= 0.6 is 0 Å². The predicted molar refractivity (Wildman–Crippen MR) is 273 cm³/mol. The number of amides is 1. The molecule has 0 radical (unpaired) electrons. The molecule has 2 heterocycles. The van der Waals surface area contributed by atoms with Crippen molar-refractivity contribution in [1.29, 1.82) is 0 Å². The van der Waals surface area contributed by atoms with E-state index in [2.05, 4.69) is 33.0 Å². The molecule has 4 aromatic rings. The molecule has 0 fully saturated rings. The fraction of sp³-hybridized carbons (Fsp3) is 0.627. The number of fused-ring (bicyclic) bond motifs is 3. The number of aromatic nitrogens is 3. The summed E-state index contributed by atoms with van der Waals surface area (Å²) < 4.78 is 139. The quantitative estimate of drug-likeness (QED) is 0.0107. The van der Waals surface area contributed by atoms with Gasteiger partial charge in [-0.25, -0.2) is 18.7 Å². The van der Waals surface area contributed by atoms with Gasteiger partial charge in [0, 0.05) is 37.3 Å². The van der Waals surface area contributed by atoms with E-state index in [0.717, 1.165) is 71.8 Å². The van der Waals surface area contributed by atoms with E-state index in [0.29, 0.717) is 84.9 Å². The molecule has 21 nitrogen and oxygen atoms in total. The highest BCUT2D eigenvalue weighted by Gasteiger charge is 2.27. The summed E-state index contributed by atoms with van der Waals surface area (Å²) in [4.78, 5) is 49.9. The first-order valence-corrected chi connectivity index (χ1v) is 27.3. The van der Waals surface area contributed by atoms with Gasteiger partial charge in [-0.2, -0.15) is 17.2 Å². The van der Waals surface area contributed by atoms with Crippen LogP contribution in [0.1, 0.15) is 69.7 Å². The van der Waals surface area contributed by atoms with Gasteiger partial charge in [0.2, 0.25) is 23.3 Å². The maximum atomic E-state index is 13.6. The van der Waals surface area contributed by atoms with E-state index in [-0.39, 0.29) is 77.5 Å². The molecule has 0 spiro atoms. The molecule has 0 saturated carbocycles. The summed E-state index contributed by atoms with van der Waals surface area (Å²) >= 11 is 0. The number of halogens is 4. The lowest BCUT2D eigenvalue weighted by Gasteiger charge is -2.15. The lowest BCUT2D eigenvalue weighted by molar-refractivity contribution is -0.136. The average molecular weight is 1120 g/mol. The Morgan fingerprint density at radius 2 is 1.17 bits per heavy atom. The van der Waals surface area contributed by atoms with Crippen LogP contribution in [-0.2, 0) is 80.0 Å². The Morgan fingerprint density at radius 1 is 0.662 bits per heavy atom. The Labute approximate surface area is 445 Å². The molecular weight excluding hydrogens is 1050 g/mol. The average Bonchev–Trinajstić information content (AvgIpc) is 3.86. The number of Topliss-reactive ketones (excluding diaryl/α,β-unsaturated/α-hetero) is 1. The lowest BCUT2D eigenvalue weighted by atomic mass is 10.0. The minimum absolute atomic E-state index is 0.00766. The van der Waals surface area contributed by atoms with Gasteiger partial charge in [-0.1, -0.05) is 31.9 Å². The number of esters is 1. The fourth-order valence-electron chi connectivity index (χ4n) is 7.33. The van der Waals surface area contributed by atoms with Crippen LogP contribution in [0.5, 0.6) is 5.75 Å². The summed E-state index contributed by atoms with van der Waals surface area (Å²) in [7, 11) is -4.52. The molecule has 2 aromatic heterocycles.